The number of ether oxygens (including phenoxy) is 1. The zero-order chi connectivity index (χ0) is 19.7. The second kappa shape index (κ2) is 10.0. The summed E-state index contributed by atoms with van der Waals surface area (Å²) in [7, 11) is 1.71. The molecular formula is C17H25F3N3O3+. The minimum Gasteiger partial charge on any atom is -0.406 e. The third-order valence-electron chi connectivity index (χ3n) is 3.43. The molecule has 2 amide bonds. The van der Waals surface area contributed by atoms with Crippen molar-refractivity contribution >= 4 is 17.5 Å². The van der Waals surface area contributed by atoms with Crippen molar-refractivity contribution in [1.82, 2.24) is 5.32 Å². The van der Waals surface area contributed by atoms with Crippen molar-refractivity contribution in [1.29, 1.82) is 0 Å². The second-order valence-corrected chi connectivity index (χ2v) is 6.19. The van der Waals surface area contributed by atoms with Gasteiger partial charge in [0.1, 0.15) is 5.75 Å². The van der Waals surface area contributed by atoms with E-state index >= 15 is 0 Å². The molecule has 26 heavy (non-hydrogen) atoms. The number of hydrogen-bond acceptors (Lipinski definition) is 3. The van der Waals surface area contributed by atoms with E-state index in [9.17, 15) is 22.8 Å². The van der Waals surface area contributed by atoms with Crippen molar-refractivity contribution in [2.24, 2.45) is 0 Å². The molecule has 0 radical (unpaired) electrons. The zero-order valence-electron chi connectivity index (χ0n) is 15.1. The Labute approximate surface area is 150 Å². The number of carbonyl (C=O) groups is 2. The number of hydrogen-bond donors (Lipinski definition) is 3. The van der Waals surface area contributed by atoms with E-state index < -0.39 is 6.36 Å². The van der Waals surface area contributed by atoms with Crippen LogP contribution in [-0.2, 0) is 9.59 Å². The van der Waals surface area contributed by atoms with Gasteiger partial charge in [0, 0.05) is 11.7 Å². The lowest BCUT2D eigenvalue weighted by Gasteiger charge is -2.16. The van der Waals surface area contributed by atoms with E-state index in [1.807, 2.05) is 13.8 Å². The first kappa shape index (κ1) is 21.8. The summed E-state index contributed by atoms with van der Waals surface area (Å²) in [5.41, 5.74) is 0.346. The van der Waals surface area contributed by atoms with Crippen LogP contribution in [0.3, 0.4) is 0 Å². The van der Waals surface area contributed by atoms with Crippen LogP contribution in [0, 0.1) is 0 Å². The van der Waals surface area contributed by atoms with Gasteiger partial charge in [-0.1, -0.05) is 13.3 Å². The number of likely N-dealkylation sites (N-methyl/N-ethyl adjacent to an activating group) is 1. The maximum absolute atomic E-state index is 12.1. The van der Waals surface area contributed by atoms with Crippen molar-refractivity contribution in [3.63, 3.8) is 0 Å². The monoisotopic (exact) mass is 376 g/mol. The minimum absolute atomic E-state index is 0.0520. The van der Waals surface area contributed by atoms with Crippen LogP contribution in [-0.4, -0.2) is 44.4 Å². The van der Waals surface area contributed by atoms with E-state index in [0.717, 1.165) is 25.0 Å². The molecule has 0 spiro atoms. The maximum Gasteiger partial charge on any atom is 0.573 e. The first-order valence-corrected chi connectivity index (χ1v) is 8.35. The van der Waals surface area contributed by atoms with Crippen LogP contribution >= 0.6 is 0 Å². The third-order valence-corrected chi connectivity index (χ3v) is 3.43. The normalized spacial score (nSPS) is 13.6. The zero-order valence-corrected chi connectivity index (χ0v) is 15.1. The first-order chi connectivity index (χ1) is 12.1. The number of carbonyl (C=O) groups excluding carboxylic acids is 2. The first-order valence-electron chi connectivity index (χ1n) is 8.35. The molecule has 1 aromatic rings. The van der Waals surface area contributed by atoms with Gasteiger partial charge >= 0.3 is 6.36 Å². The van der Waals surface area contributed by atoms with Crippen LogP contribution in [0.15, 0.2) is 24.3 Å². The molecule has 0 saturated carbocycles. The number of rotatable bonds is 9. The summed E-state index contributed by atoms with van der Waals surface area (Å²) in [4.78, 5) is 24.5. The maximum atomic E-state index is 12.1. The van der Waals surface area contributed by atoms with Crippen molar-refractivity contribution < 1.29 is 32.4 Å². The Bertz CT molecular complexity index is 591. The lowest BCUT2D eigenvalue weighted by atomic mass is 10.2. The molecule has 6 nitrogen and oxygen atoms in total. The molecule has 1 rings (SSSR count). The molecule has 0 aliphatic rings. The van der Waals surface area contributed by atoms with Crippen LogP contribution in [0.5, 0.6) is 5.75 Å². The number of nitrogens with one attached hydrogen (secondary N) is 3. The fraction of sp³-hybridized carbons (Fsp3) is 0.529. The SMILES string of the molecule is CCC[C@H](C)NC(=O)C[NH+](C)CC(=O)Nc1ccc(OC(F)(F)F)cc1. The number of alkyl halides is 3. The number of quaternary nitrogens is 1. The minimum atomic E-state index is -4.76. The Balaban J connectivity index is 2.42. The quantitative estimate of drug-likeness (QED) is 0.609. The van der Waals surface area contributed by atoms with Crippen molar-refractivity contribution in [3.8, 4) is 5.75 Å². The van der Waals surface area contributed by atoms with E-state index in [1.165, 1.54) is 12.1 Å². The van der Waals surface area contributed by atoms with Crippen LogP contribution < -0.4 is 20.3 Å². The van der Waals surface area contributed by atoms with Gasteiger partial charge in [-0.2, -0.15) is 0 Å². The summed E-state index contributed by atoms with van der Waals surface area (Å²) in [5, 5.41) is 5.43. The molecule has 0 aliphatic heterocycles. The smallest absolute Gasteiger partial charge is 0.406 e. The lowest BCUT2D eigenvalue weighted by Crippen LogP contribution is -3.11. The molecule has 9 heteroatoms. The van der Waals surface area contributed by atoms with Gasteiger partial charge in [0.25, 0.3) is 11.8 Å². The molecule has 0 aromatic heterocycles. The van der Waals surface area contributed by atoms with E-state index in [1.54, 1.807) is 7.05 Å². The van der Waals surface area contributed by atoms with Crippen molar-refractivity contribution in [2.75, 3.05) is 25.5 Å². The molecular weight excluding hydrogens is 351 g/mol. The van der Waals surface area contributed by atoms with Crippen LogP contribution in [0.1, 0.15) is 26.7 Å². The predicted octanol–water partition coefficient (Wildman–Crippen LogP) is 1.34. The Morgan fingerprint density at radius 2 is 1.73 bits per heavy atom. The molecule has 0 bridgehead atoms. The summed E-state index contributed by atoms with van der Waals surface area (Å²) < 4.78 is 40.0. The molecule has 1 unspecified atom stereocenters. The standard InChI is InChI=1S/C17H24F3N3O3/c1-4-5-12(2)21-15(24)10-23(3)11-16(25)22-13-6-8-14(9-7-13)26-17(18,19)20/h6-9,12H,4-5,10-11H2,1-3H3,(H,21,24)(H,22,25)/p+1/t12-/m0/s1. The Kier molecular flexibility index (Phi) is 8.37. The summed E-state index contributed by atoms with van der Waals surface area (Å²) >= 11 is 0. The van der Waals surface area contributed by atoms with Gasteiger partial charge in [-0.15, -0.1) is 13.2 Å². The number of benzene rings is 1. The van der Waals surface area contributed by atoms with E-state index in [4.69, 9.17) is 0 Å². The highest BCUT2D eigenvalue weighted by Crippen LogP contribution is 2.23. The summed E-state index contributed by atoms with van der Waals surface area (Å²) in [6.07, 6.45) is -2.90. The topological polar surface area (TPSA) is 71.9 Å². The van der Waals surface area contributed by atoms with Gasteiger partial charge in [-0.25, -0.2) is 0 Å². The molecule has 1 aromatic carbocycles. The van der Waals surface area contributed by atoms with Crippen LogP contribution in [0.2, 0.25) is 0 Å². The van der Waals surface area contributed by atoms with Gasteiger partial charge in [0.2, 0.25) is 0 Å². The average molecular weight is 376 g/mol. The highest BCUT2D eigenvalue weighted by molar-refractivity contribution is 5.91. The van der Waals surface area contributed by atoms with Gasteiger partial charge in [-0.3, -0.25) is 9.59 Å². The Morgan fingerprint density at radius 1 is 1.15 bits per heavy atom. The summed E-state index contributed by atoms with van der Waals surface area (Å²) in [5.74, 6) is -0.845. The van der Waals surface area contributed by atoms with Gasteiger partial charge in [-0.05, 0) is 37.6 Å². The lowest BCUT2D eigenvalue weighted by molar-refractivity contribution is -0.862. The Hall–Kier alpha value is -2.29. The fourth-order valence-corrected chi connectivity index (χ4v) is 2.39. The number of amides is 2. The number of anilines is 1. The third kappa shape index (κ3) is 9.26. The average Bonchev–Trinajstić information content (AvgIpc) is 2.47. The molecule has 0 saturated heterocycles. The number of halogens is 3. The summed E-state index contributed by atoms with van der Waals surface area (Å²) in [6.45, 7) is 4.16. The van der Waals surface area contributed by atoms with Crippen molar-refractivity contribution in [2.45, 2.75) is 39.1 Å². The predicted molar refractivity (Wildman–Crippen MR) is 90.9 cm³/mol. The largest absolute Gasteiger partial charge is 0.573 e. The second-order valence-electron chi connectivity index (χ2n) is 6.19. The van der Waals surface area contributed by atoms with E-state index in [2.05, 4.69) is 15.4 Å². The molecule has 3 N–H and O–H groups in total. The van der Waals surface area contributed by atoms with Gasteiger partial charge in [0.15, 0.2) is 13.1 Å². The highest BCUT2D eigenvalue weighted by atomic mass is 19.4. The summed E-state index contributed by atoms with van der Waals surface area (Å²) in [6, 6.07) is 4.94. The molecule has 0 heterocycles. The van der Waals surface area contributed by atoms with Gasteiger partial charge < -0.3 is 20.3 Å². The molecule has 146 valence electrons. The molecule has 0 aliphatic carbocycles. The highest BCUT2D eigenvalue weighted by Gasteiger charge is 2.31. The van der Waals surface area contributed by atoms with E-state index in [-0.39, 0.29) is 36.7 Å². The molecule has 2 atom stereocenters. The Morgan fingerprint density at radius 3 is 2.27 bits per heavy atom. The van der Waals surface area contributed by atoms with Crippen LogP contribution in [0.4, 0.5) is 18.9 Å². The molecule has 0 fully saturated rings. The van der Waals surface area contributed by atoms with Crippen LogP contribution in [0.25, 0.3) is 0 Å². The fourth-order valence-electron chi connectivity index (χ4n) is 2.39. The van der Waals surface area contributed by atoms with E-state index in [0.29, 0.717) is 10.6 Å². The van der Waals surface area contributed by atoms with Gasteiger partial charge in [0.05, 0.1) is 7.05 Å². The van der Waals surface area contributed by atoms with Crippen molar-refractivity contribution in [3.05, 3.63) is 24.3 Å².